The van der Waals surface area contributed by atoms with Crippen LogP contribution in [0.25, 0.3) is 0 Å². The van der Waals surface area contributed by atoms with Gasteiger partial charge in [-0.2, -0.15) is 5.10 Å². The first kappa shape index (κ1) is 15.7. The highest BCUT2D eigenvalue weighted by molar-refractivity contribution is 14.1. The van der Waals surface area contributed by atoms with Crippen LogP contribution in [-0.2, 0) is 11.3 Å². The lowest BCUT2D eigenvalue weighted by atomic mass is 10.2. The van der Waals surface area contributed by atoms with E-state index in [-0.39, 0.29) is 18.8 Å². The molecule has 1 amide bonds. The third-order valence-corrected chi connectivity index (χ3v) is 2.78. The Hall–Kier alpha value is -1.32. The molecule has 0 aromatic carbocycles. The van der Waals surface area contributed by atoms with E-state index in [0.29, 0.717) is 3.57 Å². The summed E-state index contributed by atoms with van der Waals surface area (Å²) in [5.41, 5.74) is -0.441. The second-order valence-corrected chi connectivity index (χ2v) is 5.96. The van der Waals surface area contributed by atoms with Gasteiger partial charge < -0.3 is 15.2 Å². The van der Waals surface area contributed by atoms with Crippen LogP contribution < -0.4 is 5.32 Å². The Morgan fingerprint density at radius 3 is 2.68 bits per heavy atom. The third-order valence-electron chi connectivity index (χ3n) is 1.99. The first-order valence-corrected chi connectivity index (χ1v) is 6.70. The smallest absolute Gasteiger partial charge is 0.407 e. The Bertz CT molecular complexity index is 479. The summed E-state index contributed by atoms with van der Waals surface area (Å²) in [6, 6.07) is 0. The fraction of sp³-hybridized carbons (Fsp3) is 0.545. The first-order chi connectivity index (χ1) is 8.70. The number of carboxylic acids is 1. The summed E-state index contributed by atoms with van der Waals surface area (Å²) in [5, 5.41) is 15.5. The van der Waals surface area contributed by atoms with E-state index in [2.05, 4.69) is 10.4 Å². The standard InChI is InChI=1S/C11H16IN3O4/c1-11(2,3)19-10(18)13-4-5-15-8(9(16)17)7(12)6-14-15/h6H,4-5H2,1-3H3,(H,13,18)(H,16,17). The highest BCUT2D eigenvalue weighted by Gasteiger charge is 2.17. The topological polar surface area (TPSA) is 93.5 Å². The number of aromatic nitrogens is 2. The molecule has 1 aromatic rings. The van der Waals surface area contributed by atoms with Crippen molar-refractivity contribution in [3.63, 3.8) is 0 Å². The van der Waals surface area contributed by atoms with Gasteiger partial charge in [0, 0.05) is 6.54 Å². The molecule has 0 radical (unpaired) electrons. The predicted octanol–water partition coefficient (Wildman–Crippen LogP) is 1.71. The Morgan fingerprint density at radius 1 is 1.53 bits per heavy atom. The van der Waals surface area contributed by atoms with Crippen molar-refractivity contribution < 1.29 is 19.4 Å². The van der Waals surface area contributed by atoms with Gasteiger partial charge in [-0.25, -0.2) is 9.59 Å². The molecule has 0 saturated heterocycles. The van der Waals surface area contributed by atoms with Gasteiger partial charge in [0.15, 0.2) is 5.69 Å². The molecule has 0 bridgehead atoms. The number of carboxylic acid groups (broad SMARTS) is 1. The minimum atomic E-state index is -1.04. The van der Waals surface area contributed by atoms with E-state index in [1.807, 2.05) is 22.6 Å². The van der Waals surface area contributed by atoms with Crippen LogP contribution in [0.5, 0.6) is 0 Å². The van der Waals surface area contributed by atoms with Crippen molar-refractivity contribution >= 4 is 34.7 Å². The summed E-state index contributed by atoms with van der Waals surface area (Å²) in [5.74, 6) is -1.04. The van der Waals surface area contributed by atoms with Gasteiger partial charge in [-0.3, -0.25) is 4.68 Å². The quantitative estimate of drug-likeness (QED) is 0.775. The van der Waals surface area contributed by atoms with Gasteiger partial charge in [-0.05, 0) is 43.4 Å². The molecule has 0 aliphatic carbocycles. The highest BCUT2D eigenvalue weighted by Crippen LogP contribution is 2.11. The second kappa shape index (κ2) is 6.22. The van der Waals surface area contributed by atoms with Crippen molar-refractivity contribution in [1.29, 1.82) is 0 Å². The fourth-order valence-corrected chi connectivity index (χ4v) is 1.96. The third kappa shape index (κ3) is 5.05. The minimum Gasteiger partial charge on any atom is -0.476 e. The van der Waals surface area contributed by atoms with Crippen LogP contribution >= 0.6 is 22.6 Å². The van der Waals surface area contributed by atoms with Crippen molar-refractivity contribution in [2.24, 2.45) is 0 Å². The van der Waals surface area contributed by atoms with E-state index in [1.165, 1.54) is 10.9 Å². The first-order valence-electron chi connectivity index (χ1n) is 5.62. The zero-order valence-electron chi connectivity index (χ0n) is 10.9. The molecule has 19 heavy (non-hydrogen) atoms. The number of carbonyl (C=O) groups excluding carboxylic acids is 1. The van der Waals surface area contributed by atoms with Crippen LogP contribution in [-0.4, -0.2) is 39.1 Å². The molecule has 7 nitrogen and oxygen atoms in total. The number of amides is 1. The van der Waals surface area contributed by atoms with Crippen LogP contribution in [0.3, 0.4) is 0 Å². The number of rotatable bonds is 4. The lowest BCUT2D eigenvalue weighted by Gasteiger charge is -2.19. The normalized spacial score (nSPS) is 11.2. The number of aromatic carboxylic acids is 1. The number of halogens is 1. The van der Waals surface area contributed by atoms with E-state index in [9.17, 15) is 9.59 Å². The number of hydrogen-bond acceptors (Lipinski definition) is 4. The second-order valence-electron chi connectivity index (χ2n) is 4.80. The number of nitrogens with one attached hydrogen (secondary N) is 1. The SMILES string of the molecule is CC(C)(C)OC(=O)NCCn1ncc(I)c1C(=O)O. The van der Waals surface area contributed by atoms with Gasteiger partial charge in [0.2, 0.25) is 0 Å². The Morgan fingerprint density at radius 2 is 2.16 bits per heavy atom. The van der Waals surface area contributed by atoms with Gasteiger partial charge in [-0.1, -0.05) is 0 Å². The molecule has 1 rings (SSSR count). The molecular formula is C11H16IN3O4. The van der Waals surface area contributed by atoms with Crippen molar-refractivity contribution in [2.75, 3.05) is 6.54 Å². The number of alkyl carbamates (subject to hydrolysis) is 1. The molecule has 106 valence electrons. The molecule has 1 aromatic heterocycles. The van der Waals surface area contributed by atoms with E-state index >= 15 is 0 Å². The van der Waals surface area contributed by atoms with Gasteiger partial charge in [0.25, 0.3) is 0 Å². The van der Waals surface area contributed by atoms with E-state index < -0.39 is 17.7 Å². The zero-order valence-corrected chi connectivity index (χ0v) is 13.1. The number of ether oxygens (including phenoxy) is 1. The van der Waals surface area contributed by atoms with Crippen LogP contribution in [0, 0.1) is 3.57 Å². The van der Waals surface area contributed by atoms with E-state index in [4.69, 9.17) is 9.84 Å². The Balaban J connectivity index is 2.50. The van der Waals surface area contributed by atoms with E-state index in [1.54, 1.807) is 20.8 Å². The molecule has 0 spiro atoms. The van der Waals surface area contributed by atoms with Gasteiger partial charge >= 0.3 is 12.1 Å². The van der Waals surface area contributed by atoms with E-state index in [0.717, 1.165) is 0 Å². The summed E-state index contributed by atoms with van der Waals surface area (Å²) in [6.07, 6.45) is 0.934. The fourth-order valence-electron chi connectivity index (χ4n) is 1.32. The maximum Gasteiger partial charge on any atom is 0.407 e. The van der Waals surface area contributed by atoms with Crippen LogP contribution in [0.1, 0.15) is 31.3 Å². The van der Waals surface area contributed by atoms with Crippen molar-refractivity contribution in [1.82, 2.24) is 15.1 Å². The lowest BCUT2D eigenvalue weighted by molar-refractivity contribution is 0.0525. The van der Waals surface area contributed by atoms with Gasteiger partial charge in [0.1, 0.15) is 5.60 Å². The molecule has 0 saturated carbocycles. The maximum atomic E-state index is 11.4. The predicted molar refractivity (Wildman–Crippen MR) is 76.1 cm³/mol. The van der Waals surface area contributed by atoms with Crippen molar-refractivity contribution in [2.45, 2.75) is 32.9 Å². The molecule has 0 unspecified atom stereocenters. The molecular weight excluding hydrogens is 365 g/mol. The largest absolute Gasteiger partial charge is 0.476 e. The summed E-state index contributed by atoms with van der Waals surface area (Å²) in [7, 11) is 0. The van der Waals surface area contributed by atoms with Crippen molar-refractivity contribution in [3.05, 3.63) is 15.5 Å². The molecule has 2 N–H and O–H groups in total. The van der Waals surface area contributed by atoms with Crippen LogP contribution in [0.15, 0.2) is 6.20 Å². The Kier molecular flexibility index (Phi) is 5.15. The van der Waals surface area contributed by atoms with Crippen LogP contribution in [0.2, 0.25) is 0 Å². The maximum absolute atomic E-state index is 11.4. The average molecular weight is 381 g/mol. The molecule has 1 heterocycles. The molecule has 0 aliphatic rings. The average Bonchev–Trinajstić information content (AvgIpc) is 2.57. The molecule has 8 heteroatoms. The number of hydrogen-bond donors (Lipinski definition) is 2. The van der Waals surface area contributed by atoms with Gasteiger partial charge in [-0.15, -0.1) is 0 Å². The number of nitrogens with zero attached hydrogens (tertiary/aromatic N) is 2. The van der Waals surface area contributed by atoms with Crippen molar-refractivity contribution in [3.8, 4) is 0 Å². The lowest BCUT2D eigenvalue weighted by Crippen LogP contribution is -2.34. The summed E-state index contributed by atoms with van der Waals surface area (Å²) < 4.78 is 6.95. The molecule has 0 aliphatic heterocycles. The summed E-state index contributed by atoms with van der Waals surface area (Å²) >= 11 is 1.90. The number of carbonyl (C=O) groups is 2. The molecule has 0 fully saturated rings. The minimum absolute atomic E-state index is 0.117. The summed E-state index contributed by atoms with van der Waals surface area (Å²) in [6.45, 7) is 5.82. The molecule has 0 atom stereocenters. The monoisotopic (exact) mass is 381 g/mol. The van der Waals surface area contributed by atoms with Gasteiger partial charge in [0.05, 0.1) is 16.3 Å². The zero-order chi connectivity index (χ0) is 14.6. The van der Waals surface area contributed by atoms with Crippen LogP contribution in [0.4, 0.5) is 4.79 Å². The summed E-state index contributed by atoms with van der Waals surface area (Å²) in [4.78, 5) is 22.4. The highest BCUT2D eigenvalue weighted by atomic mass is 127. The Labute approximate surface area is 124 Å².